The van der Waals surface area contributed by atoms with Gasteiger partial charge in [-0.15, -0.1) is 28.3 Å². The van der Waals surface area contributed by atoms with Crippen molar-refractivity contribution in [2.24, 2.45) is 0 Å². The first-order chi connectivity index (χ1) is 16.6. The van der Waals surface area contributed by atoms with Crippen molar-refractivity contribution in [3.05, 3.63) is 28.6 Å². The molecule has 1 atom stereocenters. The Labute approximate surface area is 221 Å². The van der Waals surface area contributed by atoms with Crippen LogP contribution in [-0.2, 0) is 22.4 Å². The quantitative estimate of drug-likeness (QED) is 0.524. The first-order valence-corrected chi connectivity index (χ1v) is 13.2. The summed E-state index contributed by atoms with van der Waals surface area (Å²) in [6, 6.07) is 6.19. The lowest BCUT2D eigenvalue weighted by atomic mass is 10.0. The number of piperidine rings is 1. The molecule has 3 aliphatic rings. The van der Waals surface area contributed by atoms with Crippen LogP contribution in [0.15, 0.2) is 18.2 Å². The summed E-state index contributed by atoms with van der Waals surface area (Å²) < 4.78 is 5.44. The summed E-state index contributed by atoms with van der Waals surface area (Å²) in [5, 5.41) is 7.28. The van der Waals surface area contributed by atoms with E-state index in [0.717, 1.165) is 48.9 Å². The number of benzene rings is 1. The number of fused-ring (bicyclic) bond motifs is 3. The molecule has 8 nitrogen and oxygen atoms in total. The Morgan fingerprint density at radius 1 is 1.20 bits per heavy atom. The van der Waals surface area contributed by atoms with Crippen molar-refractivity contribution in [1.29, 1.82) is 0 Å². The molecule has 1 aromatic heterocycles. The Hall–Kier alpha value is -2.17. The van der Waals surface area contributed by atoms with Crippen molar-refractivity contribution in [1.82, 2.24) is 15.2 Å². The van der Waals surface area contributed by atoms with Gasteiger partial charge < -0.3 is 20.3 Å². The van der Waals surface area contributed by atoms with Crippen molar-refractivity contribution in [3.8, 4) is 11.3 Å². The van der Waals surface area contributed by atoms with E-state index in [1.165, 1.54) is 55.3 Å². The molecule has 0 saturated carbocycles. The number of rotatable bonds is 7. The zero-order chi connectivity index (χ0) is 23.5. The molecule has 1 aromatic carbocycles. The molecule has 0 bridgehead atoms. The van der Waals surface area contributed by atoms with E-state index in [2.05, 4.69) is 27.7 Å². The van der Waals surface area contributed by atoms with Crippen LogP contribution in [0.3, 0.4) is 0 Å². The molecule has 190 valence electrons. The molecular formula is C25H34BrN5O3S. The fourth-order valence-corrected chi connectivity index (χ4v) is 6.08. The van der Waals surface area contributed by atoms with Crippen LogP contribution in [0.4, 0.5) is 15.6 Å². The van der Waals surface area contributed by atoms with Crippen molar-refractivity contribution in [2.45, 2.75) is 51.6 Å². The standard InChI is InChI=1S/C25H33N5O3S.BrH/c1-17(31)27-15-20-16-30(25(32)33-20)19-8-9-21-18(14-19)6-5-7-22-23(21)28-24(34-22)26-10-13-29-11-3-2-4-12-29;/h8-9,14,20H,2-7,10-13,15-16H2,1H3,(H,26,28)(H,27,31);1H/t20-;/m0./s1. The third-order valence-corrected chi connectivity index (χ3v) is 7.88. The fraction of sp³-hybridized carbons (Fsp3) is 0.560. The lowest BCUT2D eigenvalue weighted by Gasteiger charge is -2.26. The van der Waals surface area contributed by atoms with Crippen molar-refractivity contribution in [2.75, 3.05) is 49.5 Å². The highest BCUT2D eigenvalue weighted by Gasteiger charge is 2.33. The molecular weight excluding hydrogens is 530 g/mol. The molecule has 2 aliphatic heterocycles. The van der Waals surface area contributed by atoms with Crippen LogP contribution in [0.2, 0.25) is 0 Å². The second-order valence-corrected chi connectivity index (χ2v) is 10.5. The monoisotopic (exact) mass is 563 g/mol. The number of nitrogens with one attached hydrogen (secondary N) is 2. The molecule has 2 aromatic rings. The number of cyclic esters (lactones) is 1. The molecule has 10 heteroatoms. The summed E-state index contributed by atoms with van der Waals surface area (Å²) in [6.07, 6.45) is 6.34. The number of thiazole rings is 1. The predicted molar refractivity (Wildman–Crippen MR) is 145 cm³/mol. The van der Waals surface area contributed by atoms with Crippen molar-refractivity contribution >= 4 is 51.1 Å². The normalized spacial score (nSPS) is 19.7. The smallest absolute Gasteiger partial charge is 0.414 e. The van der Waals surface area contributed by atoms with E-state index in [-0.39, 0.29) is 35.1 Å². The van der Waals surface area contributed by atoms with Gasteiger partial charge in [-0.05, 0) is 62.9 Å². The number of likely N-dealkylation sites (tertiary alicyclic amines) is 1. The van der Waals surface area contributed by atoms with Crippen molar-refractivity contribution in [3.63, 3.8) is 0 Å². The van der Waals surface area contributed by atoms with Gasteiger partial charge in [-0.25, -0.2) is 9.78 Å². The molecule has 2 N–H and O–H groups in total. The lowest BCUT2D eigenvalue weighted by molar-refractivity contribution is -0.119. The molecule has 0 radical (unpaired) electrons. The van der Waals surface area contributed by atoms with Gasteiger partial charge in [0.05, 0.1) is 18.8 Å². The van der Waals surface area contributed by atoms with E-state index in [1.807, 2.05) is 6.07 Å². The topological polar surface area (TPSA) is 86.8 Å². The average molecular weight is 565 g/mol. The van der Waals surface area contributed by atoms with Gasteiger partial charge in [-0.2, -0.15) is 0 Å². The summed E-state index contributed by atoms with van der Waals surface area (Å²) in [5.74, 6) is -0.126. The molecule has 35 heavy (non-hydrogen) atoms. The summed E-state index contributed by atoms with van der Waals surface area (Å²) in [7, 11) is 0. The third-order valence-electron chi connectivity index (χ3n) is 6.81. The van der Waals surface area contributed by atoms with E-state index >= 15 is 0 Å². The van der Waals surface area contributed by atoms with Crippen LogP contribution in [0.1, 0.15) is 43.0 Å². The second-order valence-electron chi connectivity index (χ2n) is 9.37. The van der Waals surface area contributed by atoms with Gasteiger partial charge in [0.25, 0.3) is 0 Å². The first kappa shape index (κ1) is 25.9. The Morgan fingerprint density at radius 3 is 2.83 bits per heavy atom. The minimum Gasteiger partial charge on any atom is -0.442 e. The van der Waals surface area contributed by atoms with Gasteiger partial charge >= 0.3 is 6.09 Å². The highest BCUT2D eigenvalue weighted by Crippen LogP contribution is 2.39. The van der Waals surface area contributed by atoms with Crippen LogP contribution >= 0.6 is 28.3 Å². The second kappa shape index (κ2) is 11.7. The van der Waals surface area contributed by atoms with Gasteiger partial charge in [0.15, 0.2) is 5.13 Å². The van der Waals surface area contributed by atoms with Crippen LogP contribution < -0.4 is 15.5 Å². The van der Waals surface area contributed by atoms with Gasteiger partial charge in [0.1, 0.15) is 6.10 Å². The predicted octanol–water partition coefficient (Wildman–Crippen LogP) is 4.24. The maximum absolute atomic E-state index is 12.5. The Kier molecular flexibility index (Phi) is 8.67. The minimum absolute atomic E-state index is 0. The molecule has 0 spiro atoms. The van der Waals surface area contributed by atoms with Gasteiger partial charge in [-0.3, -0.25) is 9.69 Å². The molecule has 2 amide bonds. The van der Waals surface area contributed by atoms with E-state index in [1.54, 1.807) is 16.2 Å². The highest BCUT2D eigenvalue weighted by molar-refractivity contribution is 8.93. The number of hydrogen-bond donors (Lipinski definition) is 2. The maximum Gasteiger partial charge on any atom is 0.414 e. The average Bonchev–Trinajstić information content (AvgIpc) is 3.37. The van der Waals surface area contributed by atoms with Crippen molar-refractivity contribution < 1.29 is 14.3 Å². The Balaban J connectivity index is 0.00000289. The summed E-state index contributed by atoms with van der Waals surface area (Å²) in [6.45, 7) is 6.65. The zero-order valence-corrected chi connectivity index (χ0v) is 22.7. The molecule has 2 saturated heterocycles. The number of carbonyl (C=O) groups is 2. The molecule has 0 unspecified atom stereocenters. The number of carbonyl (C=O) groups excluding carboxylic acids is 2. The maximum atomic E-state index is 12.5. The number of aryl methyl sites for hydroxylation is 2. The SMILES string of the molecule is Br.CC(=O)NC[C@H]1CN(c2ccc3c(c2)CCCc2sc(NCCN4CCCCC4)nc2-3)C(=O)O1. The number of halogens is 1. The van der Waals surface area contributed by atoms with Gasteiger partial charge in [0, 0.05) is 36.1 Å². The summed E-state index contributed by atoms with van der Waals surface area (Å²) in [4.78, 5) is 34.1. The Morgan fingerprint density at radius 2 is 2.03 bits per heavy atom. The number of nitrogens with zero attached hydrogens (tertiary/aromatic N) is 3. The third kappa shape index (κ3) is 6.16. The number of amides is 2. The van der Waals surface area contributed by atoms with E-state index in [9.17, 15) is 9.59 Å². The molecule has 3 heterocycles. The molecule has 5 rings (SSSR count). The van der Waals surface area contributed by atoms with Crippen LogP contribution in [-0.4, -0.2) is 67.3 Å². The van der Waals surface area contributed by atoms with Crippen LogP contribution in [0.25, 0.3) is 11.3 Å². The highest BCUT2D eigenvalue weighted by atomic mass is 79.9. The number of anilines is 2. The molecule has 1 aliphatic carbocycles. The number of aromatic nitrogens is 1. The van der Waals surface area contributed by atoms with Gasteiger partial charge in [0.2, 0.25) is 5.91 Å². The zero-order valence-electron chi connectivity index (χ0n) is 20.2. The van der Waals surface area contributed by atoms with Crippen LogP contribution in [0, 0.1) is 0 Å². The first-order valence-electron chi connectivity index (χ1n) is 12.4. The molecule has 2 fully saturated rings. The van der Waals surface area contributed by atoms with E-state index in [0.29, 0.717) is 13.1 Å². The van der Waals surface area contributed by atoms with Gasteiger partial charge in [-0.1, -0.05) is 12.5 Å². The number of hydrogen-bond acceptors (Lipinski definition) is 7. The van der Waals surface area contributed by atoms with Crippen LogP contribution in [0.5, 0.6) is 0 Å². The van der Waals surface area contributed by atoms with E-state index in [4.69, 9.17) is 9.72 Å². The van der Waals surface area contributed by atoms with E-state index < -0.39 is 0 Å². The lowest BCUT2D eigenvalue weighted by Crippen LogP contribution is -2.33. The largest absolute Gasteiger partial charge is 0.442 e. The fourth-order valence-electron chi connectivity index (χ4n) is 5.03. The summed E-state index contributed by atoms with van der Waals surface area (Å²) in [5.41, 5.74) is 4.31. The Bertz CT molecular complexity index is 1060. The minimum atomic E-state index is -0.363. The summed E-state index contributed by atoms with van der Waals surface area (Å²) >= 11 is 1.78. The number of ether oxygens (including phenoxy) is 1.